The molecule has 1 amide bonds. The van der Waals surface area contributed by atoms with Crippen molar-refractivity contribution in [3.63, 3.8) is 0 Å². The molecule has 0 heterocycles. The summed E-state index contributed by atoms with van der Waals surface area (Å²) in [6.45, 7) is 0. The number of hydrogen-bond acceptors (Lipinski definition) is 4. The van der Waals surface area contributed by atoms with E-state index in [1.807, 2.05) is 30.3 Å². The molecular weight excluding hydrogens is 318 g/mol. The largest absolute Gasteiger partial charge is 0.493 e. The standard InChI is InChI=1S/C20H23NO4/c1-24-18-12-11-16(20(22)21-23)17(13-14-7-3-2-4-8-14)19(18)25-15-9-5-6-10-15/h2-4,7-8,11-12,15,23H,5-6,9-10,13H2,1H3,(H,21,22). The lowest BCUT2D eigenvalue weighted by atomic mass is 9.97. The lowest BCUT2D eigenvalue weighted by Crippen LogP contribution is -2.22. The quantitative estimate of drug-likeness (QED) is 0.621. The Morgan fingerprint density at radius 2 is 1.88 bits per heavy atom. The molecule has 5 heteroatoms. The smallest absolute Gasteiger partial charge is 0.275 e. The molecule has 0 spiro atoms. The fraction of sp³-hybridized carbons (Fsp3) is 0.350. The Kier molecular flexibility index (Phi) is 5.56. The van der Waals surface area contributed by atoms with Gasteiger partial charge >= 0.3 is 0 Å². The van der Waals surface area contributed by atoms with Crippen LogP contribution in [0.25, 0.3) is 0 Å². The average Bonchev–Trinajstić information content (AvgIpc) is 3.16. The van der Waals surface area contributed by atoms with E-state index in [-0.39, 0.29) is 6.10 Å². The zero-order valence-corrected chi connectivity index (χ0v) is 14.3. The molecule has 0 bridgehead atoms. The Bertz CT molecular complexity index is 724. The maximum atomic E-state index is 12.2. The van der Waals surface area contributed by atoms with Gasteiger partial charge in [0.25, 0.3) is 5.91 Å². The van der Waals surface area contributed by atoms with Crippen molar-refractivity contribution in [2.75, 3.05) is 7.11 Å². The number of carbonyl (C=O) groups is 1. The van der Waals surface area contributed by atoms with Crippen LogP contribution in [0.5, 0.6) is 11.5 Å². The van der Waals surface area contributed by atoms with Crippen molar-refractivity contribution in [2.45, 2.75) is 38.2 Å². The van der Waals surface area contributed by atoms with Crippen LogP contribution in [0.2, 0.25) is 0 Å². The van der Waals surface area contributed by atoms with Gasteiger partial charge in [-0.2, -0.15) is 0 Å². The van der Waals surface area contributed by atoms with Gasteiger partial charge in [-0.05, 0) is 43.4 Å². The van der Waals surface area contributed by atoms with Gasteiger partial charge in [0.1, 0.15) is 0 Å². The highest BCUT2D eigenvalue weighted by molar-refractivity contribution is 5.96. The Morgan fingerprint density at radius 1 is 1.16 bits per heavy atom. The van der Waals surface area contributed by atoms with E-state index in [0.29, 0.717) is 23.5 Å². The molecule has 1 aliphatic carbocycles. The number of methoxy groups -OCH3 is 1. The van der Waals surface area contributed by atoms with Gasteiger partial charge in [0.05, 0.1) is 13.2 Å². The van der Waals surface area contributed by atoms with Gasteiger partial charge in [-0.1, -0.05) is 30.3 Å². The lowest BCUT2D eigenvalue weighted by molar-refractivity contribution is 0.0704. The second-order valence-corrected chi connectivity index (χ2v) is 6.25. The van der Waals surface area contributed by atoms with E-state index in [1.54, 1.807) is 24.7 Å². The van der Waals surface area contributed by atoms with Crippen molar-refractivity contribution in [1.29, 1.82) is 0 Å². The fourth-order valence-corrected chi connectivity index (χ4v) is 3.32. The summed E-state index contributed by atoms with van der Waals surface area (Å²) in [4.78, 5) is 12.2. The third-order valence-corrected chi connectivity index (χ3v) is 4.60. The Labute approximate surface area is 147 Å². The highest BCUT2D eigenvalue weighted by atomic mass is 16.5. The van der Waals surface area contributed by atoms with Crippen LogP contribution in [-0.4, -0.2) is 24.3 Å². The molecule has 2 aromatic carbocycles. The van der Waals surface area contributed by atoms with Crippen molar-refractivity contribution in [3.05, 3.63) is 59.2 Å². The van der Waals surface area contributed by atoms with Crippen LogP contribution in [0.4, 0.5) is 0 Å². The third-order valence-electron chi connectivity index (χ3n) is 4.60. The lowest BCUT2D eigenvalue weighted by Gasteiger charge is -2.21. The average molecular weight is 341 g/mol. The predicted octanol–water partition coefficient (Wildman–Crippen LogP) is 3.73. The van der Waals surface area contributed by atoms with E-state index in [2.05, 4.69) is 0 Å². The van der Waals surface area contributed by atoms with E-state index in [4.69, 9.17) is 14.7 Å². The molecule has 2 N–H and O–H groups in total. The number of ether oxygens (including phenoxy) is 2. The predicted molar refractivity (Wildman–Crippen MR) is 94.4 cm³/mol. The summed E-state index contributed by atoms with van der Waals surface area (Å²) in [6, 6.07) is 13.2. The molecule has 5 nitrogen and oxygen atoms in total. The molecule has 0 aromatic heterocycles. The summed E-state index contributed by atoms with van der Waals surface area (Å²) >= 11 is 0. The monoisotopic (exact) mass is 341 g/mol. The van der Waals surface area contributed by atoms with Crippen molar-refractivity contribution in [3.8, 4) is 11.5 Å². The molecule has 0 atom stereocenters. The molecule has 3 rings (SSSR count). The topological polar surface area (TPSA) is 67.8 Å². The first kappa shape index (κ1) is 17.3. The van der Waals surface area contributed by atoms with Crippen molar-refractivity contribution in [1.82, 2.24) is 5.48 Å². The second-order valence-electron chi connectivity index (χ2n) is 6.25. The van der Waals surface area contributed by atoms with Gasteiger partial charge in [0.15, 0.2) is 11.5 Å². The highest BCUT2D eigenvalue weighted by Gasteiger charge is 2.24. The number of amides is 1. The summed E-state index contributed by atoms with van der Waals surface area (Å²) in [5.41, 5.74) is 3.90. The van der Waals surface area contributed by atoms with E-state index in [9.17, 15) is 4.79 Å². The molecule has 1 fully saturated rings. The van der Waals surface area contributed by atoms with E-state index in [1.165, 1.54) is 0 Å². The summed E-state index contributed by atoms with van der Waals surface area (Å²) in [7, 11) is 1.59. The number of rotatable bonds is 6. The first-order valence-corrected chi connectivity index (χ1v) is 8.57. The van der Waals surface area contributed by atoms with Crippen LogP contribution in [0.1, 0.15) is 47.2 Å². The van der Waals surface area contributed by atoms with Gasteiger partial charge < -0.3 is 9.47 Å². The number of carbonyl (C=O) groups excluding carboxylic acids is 1. The summed E-state index contributed by atoms with van der Waals surface area (Å²) in [6.07, 6.45) is 4.96. The molecule has 1 aliphatic rings. The molecule has 0 aliphatic heterocycles. The van der Waals surface area contributed by atoms with Crippen molar-refractivity contribution < 1.29 is 19.5 Å². The Morgan fingerprint density at radius 3 is 2.52 bits per heavy atom. The first-order valence-electron chi connectivity index (χ1n) is 8.57. The minimum absolute atomic E-state index is 0.135. The number of nitrogens with one attached hydrogen (secondary N) is 1. The third kappa shape index (κ3) is 3.94. The van der Waals surface area contributed by atoms with Gasteiger partial charge in [-0.15, -0.1) is 0 Å². The number of hydrogen-bond donors (Lipinski definition) is 2. The molecule has 25 heavy (non-hydrogen) atoms. The minimum Gasteiger partial charge on any atom is -0.493 e. The van der Waals surface area contributed by atoms with Gasteiger partial charge in [-0.25, -0.2) is 5.48 Å². The zero-order valence-electron chi connectivity index (χ0n) is 14.3. The van der Waals surface area contributed by atoms with Crippen LogP contribution in [-0.2, 0) is 6.42 Å². The van der Waals surface area contributed by atoms with Crippen LogP contribution >= 0.6 is 0 Å². The van der Waals surface area contributed by atoms with Gasteiger partial charge in [0, 0.05) is 17.5 Å². The van der Waals surface area contributed by atoms with E-state index >= 15 is 0 Å². The summed E-state index contributed by atoms with van der Waals surface area (Å²) in [5.74, 6) is 0.650. The molecule has 0 saturated heterocycles. The van der Waals surface area contributed by atoms with Gasteiger partial charge in [-0.3, -0.25) is 10.0 Å². The SMILES string of the molecule is COc1ccc(C(=O)NO)c(Cc2ccccc2)c1OC1CCCC1. The highest BCUT2D eigenvalue weighted by Crippen LogP contribution is 2.38. The van der Waals surface area contributed by atoms with Crippen molar-refractivity contribution >= 4 is 5.91 Å². The molecule has 0 unspecified atom stereocenters. The van der Waals surface area contributed by atoms with Gasteiger partial charge in [0.2, 0.25) is 0 Å². The maximum absolute atomic E-state index is 12.2. The normalized spacial score (nSPS) is 14.3. The Balaban J connectivity index is 2.05. The first-order chi connectivity index (χ1) is 12.2. The van der Waals surface area contributed by atoms with Crippen LogP contribution in [0.3, 0.4) is 0 Å². The summed E-state index contributed by atoms with van der Waals surface area (Å²) in [5, 5.41) is 9.11. The fourth-order valence-electron chi connectivity index (χ4n) is 3.32. The van der Waals surface area contributed by atoms with Crippen LogP contribution in [0.15, 0.2) is 42.5 Å². The number of hydroxylamine groups is 1. The minimum atomic E-state index is -0.551. The molecule has 132 valence electrons. The Hall–Kier alpha value is -2.53. The second kappa shape index (κ2) is 8.03. The van der Waals surface area contributed by atoms with E-state index in [0.717, 1.165) is 36.8 Å². The molecule has 2 aromatic rings. The maximum Gasteiger partial charge on any atom is 0.275 e. The summed E-state index contributed by atoms with van der Waals surface area (Å²) < 4.78 is 11.7. The molecular formula is C20H23NO4. The zero-order chi connectivity index (χ0) is 17.6. The number of benzene rings is 2. The van der Waals surface area contributed by atoms with Crippen LogP contribution in [0, 0.1) is 0 Å². The van der Waals surface area contributed by atoms with Crippen molar-refractivity contribution in [2.24, 2.45) is 0 Å². The van der Waals surface area contributed by atoms with E-state index < -0.39 is 5.91 Å². The molecule has 0 radical (unpaired) electrons. The molecule has 1 saturated carbocycles. The van der Waals surface area contributed by atoms with Crippen LogP contribution < -0.4 is 15.0 Å².